The van der Waals surface area contributed by atoms with E-state index in [2.05, 4.69) is 5.32 Å². The van der Waals surface area contributed by atoms with E-state index in [0.29, 0.717) is 9.21 Å². The van der Waals surface area contributed by atoms with Gasteiger partial charge in [-0.3, -0.25) is 24.5 Å². The number of hydrogen-bond donors (Lipinski definition) is 1. The molecule has 0 spiro atoms. The van der Waals surface area contributed by atoms with Gasteiger partial charge < -0.3 is 10.1 Å². The number of nitrogens with zero attached hydrogens (tertiary/aromatic N) is 1. The first-order chi connectivity index (χ1) is 13.2. The number of thiophene rings is 1. The highest BCUT2D eigenvalue weighted by atomic mass is 35.5. The number of nitro groups is 1. The molecule has 28 heavy (non-hydrogen) atoms. The molecule has 0 bridgehead atoms. The van der Waals surface area contributed by atoms with Gasteiger partial charge in [-0.05, 0) is 31.2 Å². The fourth-order valence-corrected chi connectivity index (χ4v) is 3.10. The summed E-state index contributed by atoms with van der Waals surface area (Å²) in [6.07, 6.45) is -1.55. The summed E-state index contributed by atoms with van der Waals surface area (Å²) < 4.78 is 18.7. The largest absolute Gasteiger partial charge is 0.453 e. The Labute approximate surface area is 167 Å². The van der Waals surface area contributed by atoms with Crippen molar-refractivity contribution in [2.24, 2.45) is 0 Å². The van der Waals surface area contributed by atoms with Crippen molar-refractivity contribution >= 4 is 52.0 Å². The number of nitro benzene ring substituents is 1. The molecule has 1 heterocycles. The van der Waals surface area contributed by atoms with Crippen LogP contribution in [0.1, 0.15) is 29.4 Å². The van der Waals surface area contributed by atoms with Crippen molar-refractivity contribution in [3.8, 4) is 0 Å². The lowest BCUT2D eigenvalue weighted by molar-refractivity contribution is -0.387. The molecule has 1 N–H and O–H groups in total. The first kappa shape index (κ1) is 21.5. The fraction of sp³-hybridized carbons (Fsp3) is 0.235. The molecule has 148 valence electrons. The fourth-order valence-electron chi connectivity index (χ4n) is 2.09. The summed E-state index contributed by atoms with van der Waals surface area (Å²) in [6, 6.07) is 5.96. The smallest absolute Gasteiger partial charge is 0.307 e. The van der Waals surface area contributed by atoms with E-state index in [1.807, 2.05) is 0 Å². The average Bonchev–Trinajstić information content (AvgIpc) is 3.07. The normalized spacial score (nSPS) is 11.5. The van der Waals surface area contributed by atoms with Gasteiger partial charge in [-0.15, -0.1) is 11.3 Å². The highest BCUT2D eigenvalue weighted by Gasteiger charge is 2.21. The molecule has 2 aromatic rings. The molecule has 8 nitrogen and oxygen atoms in total. The molecule has 0 saturated carbocycles. The van der Waals surface area contributed by atoms with Gasteiger partial charge in [0, 0.05) is 18.2 Å². The molecule has 0 aliphatic carbocycles. The lowest BCUT2D eigenvalue weighted by atomic mass is 10.2. The molecule has 1 atom stereocenters. The second-order valence-corrected chi connectivity index (χ2v) is 7.29. The second-order valence-electron chi connectivity index (χ2n) is 5.57. The average molecular weight is 429 g/mol. The minimum atomic E-state index is -1.22. The predicted molar refractivity (Wildman–Crippen MR) is 100 cm³/mol. The van der Waals surface area contributed by atoms with Crippen LogP contribution in [0.3, 0.4) is 0 Å². The Morgan fingerprint density at radius 3 is 2.61 bits per heavy atom. The van der Waals surface area contributed by atoms with E-state index in [1.165, 1.54) is 6.92 Å². The zero-order valence-corrected chi connectivity index (χ0v) is 16.0. The van der Waals surface area contributed by atoms with Crippen LogP contribution in [0.15, 0.2) is 30.3 Å². The summed E-state index contributed by atoms with van der Waals surface area (Å²) in [7, 11) is 0. The number of carbonyl (C=O) groups is 3. The summed E-state index contributed by atoms with van der Waals surface area (Å²) in [5.74, 6) is -2.84. The highest BCUT2D eigenvalue weighted by Crippen LogP contribution is 2.23. The summed E-state index contributed by atoms with van der Waals surface area (Å²) in [4.78, 5) is 46.0. The van der Waals surface area contributed by atoms with Crippen molar-refractivity contribution in [3.05, 3.63) is 55.5 Å². The zero-order valence-electron chi connectivity index (χ0n) is 14.4. The van der Waals surface area contributed by atoms with Crippen molar-refractivity contribution in [1.82, 2.24) is 0 Å². The molecule has 2 rings (SSSR count). The Hall–Kier alpha value is -2.85. The van der Waals surface area contributed by atoms with Crippen molar-refractivity contribution in [2.45, 2.75) is 25.9 Å². The Morgan fingerprint density at radius 2 is 2.00 bits per heavy atom. The SMILES string of the molecule is CC(OC(=O)CCC(=O)c1ccc(Cl)s1)C(=O)Nc1ccc(F)c([N+](=O)[O-])c1. The molecule has 11 heteroatoms. The van der Waals surface area contributed by atoms with Gasteiger partial charge in [0.05, 0.1) is 20.6 Å². The number of hydrogen-bond acceptors (Lipinski definition) is 7. The van der Waals surface area contributed by atoms with Gasteiger partial charge in [0.2, 0.25) is 5.82 Å². The first-order valence-electron chi connectivity index (χ1n) is 7.90. The third-order valence-corrected chi connectivity index (χ3v) is 4.76. The van der Waals surface area contributed by atoms with E-state index in [9.17, 15) is 28.9 Å². The quantitative estimate of drug-likeness (QED) is 0.294. The number of Topliss-reactive ketones (excluding diaryl/α,β-unsaturated/α-hetero) is 1. The predicted octanol–water partition coefficient (Wildman–Crippen LogP) is 3.98. The molecule has 1 amide bonds. The van der Waals surface area contributed by atoms with Crippen LogP contribution in [0.25, 0.3) is 0 Å². The minimum absolute atomic E-state index is 0.0225. The molecule has 1 aromatic heterocycles. The van der Waals surface area contributed by atoms with E-state index in [1.54, 1.807) is 12.1 Å². The van der Waals surface area contributed by atoms with Crippen LogP contribution < -0.4 is 5.32 Å². The molecule has 0 fully saturated rings. The van der Waals surface area contributed by atoms with Crippen LogP contribution in [-0.2, 0) is 14.3 Å². The Bertz CT molecular complexity index is 932. The van der Waals surface area contributed by atoms with Gasteiger partial charge in [0.15, 0.2) is 11.9 Å². The van der Waals surface area contributed by atoms with E-state index in [-0.39, 0.29) is 24.3 Å². The molecule has 0 radical (unpaired) electrons. The molecule has 0 aliphatic heterocycles. The third kappa shape index (κ3) is 5.83. The van der Waals surface area contributed by atoms with Gasteiger partial charge in [0.25, 0.3) is 5.91 Å². The number of halogens is 2. The summed E-state index contributed by atoms with van der Waals surface area (Å²) in [5.41, 5.74) is -0.819. The zero-order chi connectivity index (χ0) is 20.8. The number of ether oxygens (including phenoxy) is 1. The van der Waals surface area contributed by atoms with Gasteiger partial charge in [-0.2, -0.15) is 4.39 Å². The van der Waals surface area contributed by atoms with E-state index in [0.717, 1.165) is 29.5 Å². The molecule has 1 unspecified atom stereocenters. The van der Waals surface area contributed by atoms with Crippen LogP contribution in [0.2, 0.25) is 4.34 Å². The summed E-state index contributed by atoms with van der Waals surface area (Å²) >= 11 is 6.84. The van der Waals surface area contributed by atoms with Crippen molar-refractivity contribution in [2.75, 3.05) is 5.32 Å². The van der Waals surface area contributed by atoms with Crippen molar-refractivity contribution in [1.29, 1.82) is 0 Å². The maximum absolute atomic E-state index is 13.3. The molecule has 0 saturated heterocycles. The van der Waals surface area contributed by atoms with Gasteiger partial charge in [-0.1, -0.05) is 11.6 Å². The Kier molecular flexibility index (Phi) is 7.18. The minimum Gasteiger partial charge on any atom is -0.453 e. The standard InChI is InChI=1S/C17H14ClFN2O6S/c1-9(17(24)20-10-2-3-11(19)12(8-10)21(25)26)27-16(23)7-4-13(22)14-5-6-15(18)28-14/h2-3,5-6,8-9H,4,7H2,1H3,(H,20,24). The third-order valence-electron chi connectivity index (χ3n) is 3.49. The van der Waals surface area contributed by atoms with Crippen molar-refractivity contribution in [3.63, 3.8) is 0 Å². The van der Waals surface area contributed by atoms with Crippen LogP contribution in [-0.4, -0.2) is 28.7 Å². The lowest BCUT2D eigenvalue weighted by Crippen LogP contribution is -2.30. The topological polar surface area (TPSA) is 116 Å². The van der Waals surface area contributed by atoms with E-state index in [4.69, 9.17) is 16.3 Å². The molecular formula is C17H14ClFN2O6S. The second kappa shape index (κ2) is 9.38. The molecule has 0 aliphatic rings. The maximum Gasteiger partial charge on any atom is 0.307 e. The number of anilines is 1. The van der Waals surface area contributed by atoms with Crippen molar-refractivity contribution < 1.29 is 28.4 Å². The summed E-state index contributed by atoms with van der Waals surface area (Å²) in [5, 5.41) is 13.0. The number of rotatable bonds is 8. The lowest BCUT2D eigenvalue weighted by Gasteiger charge is -2.13. The van der Waals surface area contributed by atoms with Crippen LogP contribution in [0, 0.1) is 15.9 Å². The van der Waals surface area contributed by atoms with Gasteiger partial charge in [-0.25, -0.2) is 0 Å². The van der Waals surface area contributed by atoms with E-state index >= 15 is 0 Å². The van der Waals surface area contributed by atoms with Crippen LogP contribution in [0.5, 0.6) is 0 Å². The number of esters is 1. The maximum atomic E-state index is 13.3. The molecule has 1 aromatic carbocycles. The van der Waals surface area contributed by atoms with Crippen LogP contribution >= 0.6 is 22.9 Å². The monoisotopic (exact) mass is 428 g/mol. The Balaban J connectivity index is 1.86. The van der Waals surface area contributed by atoms with Gasteiger partial charge >= 0.3 is 11.7 Å². The first-order valence-corrected chi connectivity index (χ1v) is 9.09. The number of nitrogens with one attached hydrogen (secondary N) is 1. The highest BCUT2D eigenvalue weighted by molar-refractivity contribution is 7.18. The van der Waals surface area contributed by atoms with Gasteiger partial charge in [0.1, 0.15) is 0 Å². The Morgan fingerprint density at radius 1 is 1.29 bits per heavy atom. The number of amides is 1. The summed E-state index contributed by atoms with van der Waals surface area (Å²) in [6.45, 7) is 1.30. The molecular weight excluding hydrogens is 415 g/mol. The number of ketones is 1. The number of benzene rings is 1. The number of carbonyl (C=O) groups excluding carboxylic acids is 3. The van der Waals surface area contributed by atoms with Crippen LogP contribution in [0.4, 0.5) is 15.8 Å². The van der Waals surface area contributed by atoms with E-state index < -0.39 is 34.4 Å².